The van der Waals surface area contributed by atoms with E-state index in [1.54, 1.807) is 12.1 Å². The Labute approximate surface area is 194 Å². The minimum atomic E-state index is -4.47. The first-order chi connectivity index (χ1) is 15.5. The Hall–Kier alpha value is -3.12. The monoisotopic (exact) mass is 471 g/mol. The highest BCUT2D eigenvalue weighted by atomic mass is 35.5. The van der Waals surface area contributed by atoms with E-state index in [0.717, 1.165) is 29.0 Å². The lowest BCUT2D eigenvalue weighted by atomic mass is 9.80. The van der Waals surface area contributed by atoms with Crippen LogP contribution in [0.15, 0.2) is 54.6 Å². The number of alkyl halides is 3. The number of allylic oxidation sites excluding steroid dienone is 1. The molecule has 7 heteroatoms. The van der Waals surface area contributed by atoms with Crippen LogP contribution >= 0.6 is 11.6 Å². The summed E-state index contributed by atoms with van der Waals surface area (Å²) in [5.74, 6) is 0.310. The number of aromatic hydroxyl groups is 1. The smallest absolute Gasteiger partial charge is 0.416 e. The van der Waals surface area contributed by atoms with Crippen molar-refractivity contribution in [1.82, 2.24) is 0 Å². The van der Waals surface area contributed by atoms with Gasteiger partial charge in [0.15, 0.2) is 6.10 Å². The molecule has 170 valence electrons. The summed E-state index contributed by atoms with van der Waals surface area (Å²) >= 11 is 6.47. The fourth-order valence-corrected chi connectivity index (χ4v) is 5.09. The highest BCUT2D eigenvalue weighted by Crippen LogP contribution is 2.54. The Kier molecular flexibility index (Phi) is 4.73. The van der Waals surface area contributed by atoms with Crippen LogP contribution in [-0.4, -0.2) is 10.6 Å². The van der Waals surface area contributed by atoms with Crippen molar-refractivity contribution in [3.8, 4) is 22.6 Å². The second-order valence-electron chi connectivity index (χ2n) is 9.02. The highest BCUT2D eigenvalue weighted by Gasteiger charge is 2.37. The number of nitrogens with one attached hydrogen (secondary N) is 1. The van der Waals surface area contributed by atoms with Crippen molar-refractivity contribution in [3.63, 3.8) is 0 Å². The zero-order chi connectivity index (χ0) is 23.7. The normalized spacial score (nSPS) is 18.3. The Morgan fingerprint density at radius 3 is 2.55 bits per heavy atom. The van der Waals surface area contributed by atoms with Gasteiger partial charge in [0.2, 0.25) is 0 Å². The van der Waals surface area contributed by atoms with Crippen molar-refractivity contribution >= 4 is 22.9 Å². The SMILES string of the molecule is CC1=CC(C)(C)Nc2ccc3c(c21)C(c1cccc(C(F)(F)F)c1)Oc1ccc(O)c(Cl)c1-3. The van der Waals surface area contributed by atoms with Crippen molar-refractivity contribution in [2.24, 2.45) is 0 Å². The van der Waals surface area contributed by atoms with E-state index in [1.165, 1.54) is 12.1 Å². The number of benzene rings is 3. The molecule has 0 fully saturated rings. The lowest BCUT2D eigenvalue weighted by molar-refractivity contribution is -0.137. The molecule has 0 bridgehead atoms. The minimum Gasteiger partial charge on any atom is -0.506 e. The molecule has 1 unspecified atom stereocenters. The van der Waals surface area contributed by atoms with Gasteiger partial charge in [-0.1, -0.05) is 35.9 Å². The number of hydrogen-bond acceptors (Lipinski definition) is 3. The third-order valence-electron chi connectivity index (χ3n) is 6.05. The molecule has 2 heterocycles. The van der Waals surface area contributed by atoms with E-state index < -0.39 is 17.8 Å². The molecule has 0 aromatic heterocycles. The van der Waals surface area contributed by atoms with Gasteiger partial charge in [0.05, 0.1) is 16.1 Å². The van der Waals surface area contributed by atoms with Crippen molar-refractivity contribution < 1.29 is 23.0 Å². The maximum absolute atomic E-state index is 13.5. The van der Waals surface area contributed by atoms with E-state index in [4.69, 9.17) is 16.3 Å². The summed E-state index contributed by atoms with van der Waals surface area (Å²) in [6, 6.07) is 12.0. The van der Waals surface area contributed by atoms with E-state index in [1.807, 2.05) is 32.9 Å². The first-order valence-electron chi connectivity index (χ1n) is 10.5. The number of phenolic OH excluding ortho intramolecular Hbond substituents is 1. The predicted octanol–water partition coefficient (Wildman–Crippen LogP) is 7.82. The van der Waals surface area contributed by atoms with Gasteiger partial charge < -0.3 is 15.2 Å². The predicted molar refractivity (Wildman–Crippen MR) is 124 cm³/mol. The van der Waals surface area contributed by atoms with Crippen molar-refractivity contribution in [3.05, 3.63) is 81.9 Å². The third-order valence-corrected chi connectivity index (χ3v) is 6.43. The van der Waals surface area contributed by atoms with Crippen LogP contribution in [0.3, 0.4) is 0 Å². The summed E-state index contributed by atoms with van der Waals surface area (Å²) in [4.78, 5) is 0. The fraction of sp³-hybridized carbons (Fsp3) is 0.231. The van der Waals surface area contributed by atoms with Crippen LogP contribution in [0, 0.1) is 0 Å². The van der Waals surface area contributed by atoms with Gasteiger partial charge in [0, 0.05) is 22.4 Å². The zero-order valence-electron chi connectivity index (χ0n) is 18.1. The topological polar surface area (TPSA) is 41.5 Å². The van der Waals surface area contributed by atoms with E-state index in [2.05, 4.69) is 11.4 Å². The Morgan fingerprint density at radius 2 is 1.82 bits per heavy atom. The number of ether oxygens (including phenoxy) is 1. The van der Waals surface area contributed by atoms with Crippen LogP contribution in [0.5, 0.6) is 11.5 Å². The molecule has 1 atom stereocenters. The number of hydrogen-bond donors (Lipinski definition) is 2. The minimum absolute atomic E-state index is 0.0910. The van der Waals surface area contributed by atoms with Gasteiger partial charge in [0.25, 0.3) is 0 Å². The molecule has 0 spiro atoms. The van der Waals surface area contributed by atoms with E-state index >= 15 is 0 Å². The second-order valence-corrected chi connectivity index (χ2v) is 9.39. The Morgan fingerprint density at radius 1 is 1.06 bits per heavy atom. The summed E-state index contributed by atoms with van der Waals surface area (Å²) in [6.45, 7) is 6.07. The molecule has 0 saturated heterocycles. The average Bonchev–Trinajstić information content (AvgIpc) is 2.73. The molecule has 3 nitrogen and oxygen atoms in total. The molecule has 2 aliphatic heterocycles. The third kappa shape index (κ3) is 3.53. The second kappa shape index (κ2) is 7.19. The summed E-state index contributed by atoms with van der Waals surface area (Å²) in [5.41, 5.74) is 4.00. The maximum atomic E-state index is 13.5. The van der Waals surface area contributed by atoms with Gasteiger partial charge in [-0.2, -0.15) is 13.2 Å². The van der Waals surface area contributed by atoms with Gasteiger partial charge in [-0.15, -0.1) is 0 Å². The van der Waals surface area contributed by atoms with Crippen molar-refractivity contribution in [2.45, 2.75) is 38.6 Å². The molecular weight excluding hydrogens is 451 g/mol. The molecule has 33 heavy (non-hydrogen) atoms. The molecular formula is C26H21ClF3NO2. The van der Waals surface area contributed by atoms with Gasteiger partial charge in [-0.3, -0.25) is 0 Å². The van der Waals surface area contributed by atoms with Crippen LogP contribution in [-0.2, 0) is 6.18 Å². The number of rotatable bonds is 1. The first kappa shape index (κ1) is 21.7. The van der Waals surface area contributed by atoms with E-state index in [0.29, 0.717) is 28.0 Å². The van der Waals surface area contributed by atoms with Gasteiger partial charge >= 0.3 is 6.18 Å². The van der Waals surface area contributed by atoms with Crippen LogP contribution in [0.4, 0.5) is 18.9 Å². The molecule has 3 aromatic rings. The summed E-state index contributed by atoms with van der Waals surface area (Å²) in [5, 5.41) is 13.9. The van der Waals surface area contributed by atoms with Gasteiger partial charge in [-0.25, -0.2) is 0 Å². The van der Waals surface area contributed by atoms with Crippen LogP contribution in [0.25, 0.3) is 16.7 Å². The quantitative estimate of drug-likeness (QED) is 0.380. The van der Waals surface area contributed by atoms with Gasteiger partial charge in [0.1, 0.15) is 11.5 Å². The van der Waals surface area contributed by atoms with Crippen LogP contribution < -0.4 is 10.1 Å². The molecule has 0 saturated carbocycles. The summed E-state index contributed by atoms with van der Waals surface area (Å²) < 4.78 is 46.7. The molecule has 0 aliphatic carbocycles. The molecule has 3 aromatic carbocycles. The lowest BCUT2D eigenvalue weighted by Crippen LogP contribution is -2.32. The highest BCUT2D eigenvalue weighted by molar-refractivity contribution is 6.35. The number of phenols is 1. The van der Waals surface area contributed by atoms with Crippen molar-refractivity contribution in [2.75, 3.05) is 5.32 Å². The standard InChI is InChI=1S/C26H21ClF3NO2/c1-13-12-25(2,3)31-17-8-7-16-21-19(10-9-18(32)23(21)27)33-24(22(16)20(13)17)14-5-4-6-15(11-14)26(28,29)30/h4-12,24,31-32H,1-3H3. The lowest BCUT2D eigenvalue weighted by Gasteiger charge is -2.37. The Bertz CT molecular complexity index is 1330. The fourth-order valence-electron chi connectivity index (χ4n) is 4.83. The number of fused-ring (bicyclic) bond motifs is 5. The molecule has 2 N–H and O–H groups in total. The number of halogens is 4. The maximum Gasteiger partial charge on any atom is 0.416 e. The molecule has 0 amide bonds. The first-order valence-corrected chi connectivity index (χ1v) is 10.8. The van der Waals surface area contributed by atoms with Crippen molar-refractivity contribution in [1.29, 1.82) is 0 Å². The Balaban J connectivity index is 1.81. The molecule has 5 rings (SSSR count). The van der Waals surface area contributed by atoms with E-state index in [9.17, 15) is 18.3 Å². The number of anilines is 1. The van der Waals surface area contributed by atoms with Gasteiger partial charge in [-0.05, 0) is 67.8 Å². The molecule has 0 radical (unpaired) electrons. The summed E-state index contributed by atoms with van der Waals surface area (Å²) in [6.07, 6.45) is -3.19. The van der Waals surface area contributed by atoms with Crippen LogP contribution in [0.1, 0.15) is 49.1 Å². The average molecular weight is 472 g/mol. The zero-order valence-corrected chi connectivity index (χ0v) is 18.9. The largest absolute Gasteiger partial charge is 0.506 e. The summed E-state index contributed by atoms with van der Waals surface area (Å²) in [7, 11) is 0. The van der Waals surface area contributed by atoms with Crippen LogP contribution in [0.2, 0.25) is 5.02 Å². The molecule has 2 aliphatic rings. The van der Waals surface area contributed by atoms with E-state index in [-0.39, 0.29) is 16.3 Å².